The first-order valence-electron chi connectivity index (χ1n) is 9.03. The predicted octanol–water partition coefficient (Wildman–Crippen LogP) is 4.70. The van der Waals surface area contributed by atoms with Gasteiger partial charge in [0.25, 0.3) is 5.91 Å². The van der Waals surface area contributed by atoms with E-state index in [1.165, 1.54) is 10.5 Å². The SMILES string of the molecule is CSc1ccccc1CN1CCC(CNC(=O)c2cccc(Cl)c2)CC1. The minimum atomic E-state index is -0.0381. The lowest BCUT2D eigenvalue weighted by Crippen LogP contribution is -2.38. The van der Waals surface area contributed by atoms with E-state index in [-0.39, 0.29) is 5.91 Å². The second-order valence-electron chi connectivity index (χ2n) is 6.75. The van der Waals surface area contributed by atoms with Crippen molar-refractivity contribution in [1.29, 1.82) is 0 Å². The molecule has 0 spiro atoms. The molecule has 138 valence electrons. The molecule has 1 aliphatic heterocycles. The van der Waals surface area contributed by atoms with Crippen molar-refractivity contribution < 1.29 is 4.79 Å². The van der Waals surface area contributed by atoms with Gasteiger partial charge in [-0.3, -0.25) is 9.69 Å². The van der Waals surface area contributed by atoms with Crippen LogP contribution in [0.25, 0.3) is 0 Å². The Morgan fingerprint density at radius 1 is 1.19 bits per heavy atom. The van der Waals surface area contributed by atoms with Crippen LogP contribution in [0.15, 0.2) is 53.4 Å². The number of likely N-dealkylation sites (tertiary alicyclic amines) is 1. The molecule has 0 atom stereocenters. The van der Waals surface area contributed by atoms with Crippen molar-refractivity contribution in [3.05, 3.63) is 64.7 Å². The summed E-state index contributed by atoms with van der Waals surface area (Å²) in [5.74, 6) is 0.508. The lowest BCUT2D eigenvalue weighted by Gasteiger charge is -2.32. The van der Waals surface area contributed by atoms with Crippen molar-refractivity contribution in [1.82, 2.24) is 10.2 Å². The molecule has 0 aliphatic carbocycles. The van der Waals surface area contributed by atoms with E-state index in [4.69, 9.17) is 11.6 Å². The summed E-state index contributed by atoms with van der Waals surface area (Å²) in [6, 6.07) is 15.7. The van der Waals surface area contributed by atoms with Gasteiger partial charge in [-0.05, 0) is 67.9 Å². The van der Waals surface area contributed by atoms with Gasteiger partial charge >= 0.3 is 0 Å². The van der Waals surface area contributed by atoms with E-state index >= 15 is 0 Å². The smallest absolute Gasteiger partial charge is 0.251 e. The summed E-state index contributed by atoms with van der Waals surface area (Å²) in [5.41, 5.74) is 2.04. The topological polar surface area (TPSA) is 32.3 Å². The Bertz CT molecular complexity index is 744. The van der Waals surface area contributed by atoms with Crippen molar-refractivity contribution >= 4 is 29.3 Å². The van der Waals surface area contributed by atoms with Gasteiger partial charge in [-0.15, -0.1) is 11.8 Å². The minimum absolute atomic E-state index is 0.0381. The number of carbonyl (C=O) groups excluding carboxylic acids is 1. The monoisotopic (exact) mass is 388 g/mol. The van der Waals surface area contributed by atoms with Crippen LogP contribution in [-0.2, 0) is 6.54 Å². The Hall–Kier alpha value is -1.49. The maximum Gasteiger partial charge on any atom is 0.251 e. The van der Waals surface area contributed by atoms with E-state index < -0.39 is 0 Å². The molecule has 1 fully saturated rings. The zero-order valence-corrected chi connectivity index (χ0v) is 16.7. The fourth-order valence-electron chi connectivity index (χ4n) is 3.39. The highest BCUT2D eigenvalue weighted by molar-refractivity contribution is 7.98. The van der Waals surface area contributed by atoms with Gasteiger partial charge in [-0.2, -0.15) is 0 Å². The first-order chi connectivity index (χ1) is 12.7. The first kappa shape index (κ1) is 19.3. The number of nitrogens with zero attached hydrogens (tertiary/aromatic N) is 1. The molecule has 3 rings (SSSR count). The first-order valence-corrected chi connectivity index (χ1v) is 10.6. The molecule has 0 saturated carbocycles. The van der Waals surface area contributed by atoms with Gasteiger partial charge in [0, 0.05) is 28.6 Å². The number of benzene rings is 2. The molecule has 5 heteroatoms. The van der Waals surface area contributed by atoms with Crippen molar-refractivity contribution in [2.75, 3.05) is 25.9 Å². The van der Waals surface area contributed by atoms with Crippen LogP contribution < -0.4 is 5.32 Å². The summed E-state index contributed by atoms with van der Waals surface area (Å²) in [6.45, 7) is 3.92. The van der Waals surface area contributed by atoms with Gasteiger partial charge in [-0.25, -0.2) is 0 Å². The Labute approximate surface area is 165 Å². The van der Waals surface area contributed by atoms with Crippen LogP contribution in [0.2, 0.25) is 5.02 Å². The fraction of sp³-hybridized carbons (Fsp3) is 0.381. The standard InChI is InChI=1S/C21H25ClN2OS/c1-26-20-8-3-2-5-18(20)15-24-11-9-16(10-12-24)14-23-21(25)17-6-4-7-19(22)13-17/h2-8,13,16H,9-12,14-15H2,1H3,(H,23,25). The molecule has 1 saturated heterocycles. The molecule has 3 nitrogen and oxygen atoms in total. The van der Waals surface area contributed by atoms with Gasteiger partial charge < -0.3 is 5.32 Å². The summed E-state index contributed by atoms with van der Waals surface area (Å²) >= 11 is 7.77. The second kappa shape index (κ2) is 9.45. The van der Waals surface area contributed by atoms with Gasteiger partial charge in [0.2, 0.25) is 0 Å². The second-order valence-corrected chi connectivity index (χ2v) is 8.04. The molecular weight excluding hydrogens is 364 g/mol. The number of halogens is 1. The number of amides is 1. The van der Waals surface area contributed by atoms with Gasteiger partial charge in [0.05, 0.1) is 0 Å². The third-order valence-electron chi connectivity index (χ3n) is 4.93. The molecule has 1 N–H and O–H groups in total. The number of hydrogen-bond acceptors (Lipinski definition) is 3. The van der Waals surface area contributed by atoms with E-state index in [1.807, 2.05) is 17.8 Å². The van der Waals surface area contributed by atoms with Crippen molar-refractivity contribution in [3.63, 3.8) is 0 Å². The van der Waals surface area contributed by atoms with Crippen LogP contribution >= 0.6 is 23.4 Å². The molecule has 26 heavy (non-hydrogen) atoms. The van der Waals surface area contributed by atoms with Gasteiger partial charge in [0.15, 0.2) is 0 Å². The van der Waals surface area contributed by atoms with Gasteiger partial charge in [-0.1, -0.05) is 35.9 Å². The van der Waals surface area contributed by atoms with E-state index in [1.54, 1.807) is 18.2 Å². The molecule has 0 radical (unpaired) electrons. The number of nitrogens with one attached hydrogen (secondary N) is 1. The summed E-state index contributed by atoms with van der Waals surface area (Å²) in [7, 11) is 0. The highest BCUT2D eigenvalue weighted by atomic mass is 35.5. The quantitative estimate of drug-likeness (QED) is 0.727. The highest BCUT2D eigenvalue weighted by Crippen LogP contribution is 2.24. The minimum Gasteiger partial charge on any atom is -0.352 e. The number of rotatable bonds is 6. The third-order valence-corrected chi connectivity index (χ3v) is 6.00. The van der Waals surface area contributed by atoms with E-state index in [0.717, 1.165) is 39.0 Å². The third kappa shape index (κ3) is 5.26. The molecule has 1 heterocycles. The largest absolute Gasteiger partial charge is 0.352 e. The maximum atomic E-state index is 12.2. The number of piperidine rings is 1. The Morgan fingerprint density at radius 2 is 1.96 bits per heavy atom. The Balaban J connectivity index is 1.44. The molecular formula is C21H25ClN2OS. The average molecular weight is 389 g/mol. The molecule has 2 aromatic rings. The average Bonchev–Trinajstić information content (AvgIpc) is 2.67. The molecule has 0 aromatic heterocycles. The number of thioether (sulfide) groups is 1. The van der Waals surface area contributed by atoms with Crippen LogP contribution in [0.5, 0.6) is 0 Å². The lowest BCUT2D eigenvalue weighted by molar-refractivity contribution is 0.0935. The molecule has 1 aliphatic rings. The summed E-state index contributed by atoms with van der Waals surface area (Å²) in [5, 5.41) is 3.65. The number of hydrogen-bond donors (Lipinski definition) is 1. The highest BCUT2D eigenvalue weighted by Gasteiger charge is 2.20. The predicted molar refractivity (Wildman–Crippen MR) is 110 cm³/mol. The molecule has 2 aromatic carbocycles. The van der Waals surface area contributed by atoms with Crippen molar-refractivity contribution in [2.45, 2.75) is 24.3 Å². The van der Waals surface area contributed by atoms with E-state index in [2.05, 4.69) is 40.7 Å². The molecule has 1 amide bonds. The number of carbonyl (C=O) groups is 1. The normalized spacial score (nSPS) is 15.8. The maximum absolute atomic E-state index is 12.2. The summed E-state index contributed by atoms with van der Waals surface area (Å²) < 4.78 is 0. The summed E-state index contributed by atoms with van der Waals surface area (Å²) in [4.78, 5) is 16.1. The van der Waals surface area contributed by atoms with Crippen LogP contribution in [0, 0.1) is 5.92 Å². The van der Waals surface area contributed by atoms with E-state index in [0.29, 0.717) is 16.5 Å². The Morgan fingerprint density at radius 3 is 2.69 bits per heavy atom. The zero-order chi connectivity index (χ0) is 18.4. The molecule has 0 unspecified atom stereocenters. The fourth-order valence-corrected chi connectivity index (χ4v) is 4.19. The summed E-state index contributed by atoms with van der Waals surface area (Å²) in [6.07, 6.45) is 4.38. The van der Waals surface area contributed by atoms with Crippen molar-refractivity contribution in [3.8, 4) is 0 Å². The van der Waals surface area contributed by atoms with Crippen LogP contribution in [0.4, 0.5) is 0 Å². The van der Waals surface area contributed by atoms with Crippen LogP contribution in [0.3, 0.4) is 0 Å². The lowest BCUT2D eigenvalue weighted by atomic mass is 9.96. The van der Waals surface area contributed by atoms with E-state index in [9.17, 15) is 4.79 Å². The zero-order valence-electron chi connectivity index (χ0n) is 15.1. The molecule has 0 bridgehead atoms. The van der Waals surface area contributed by atoms with Gasteiger partial charge in [0.1, 0.15) is 0 Å². The van der Waals surface area contributed by atoms with Crippen molar-refractivity contribution in [2.24, 2.45) is 5.92 Å². The Kier molecular flexibility index (Phi) is 7.00. The van der Waals surface area contributed by atoms with Crippen LogP contribution in [-0.4, -0.2) is 36.7 Å². The van der Waals surface area contributed by atoms with Crippen LogP contribution in [0.1, 0.15) is 28.8 Å².